The lowest BCUT2D eigenvalue weighted by Gasteiger charge is -2.21. The summed E-state index contributed by atoms with van der Waals surface area (Å²) in [5.74, 6) is 0.429. The van der Waals surface area contributed by atoms with Crippen molar-refractivity contribution in [2.75, 3.05) is 26.2 Å². The summed E-state index contributed by atoms with van der Waals surface area (Å²) in [7, 11) is 4.97. The molecular weight excluding hydrogens is 268 g/mol. The van der Waals surface area contributed by atoms with Crippen molar-refractivity contribution in [3.05, 3.63) is 53.9 Å². The molecule has 1 aromatic heterocycles. The second kappa shape index (κ2) is 6.74. The summed E-state index contributed by atoms with van der Waals surface area (Å²) >= 11 is 0. The molecule has 2 rings (SSSR count). The van der Waals surface area contributed by atoms with E-state index >= 15 is 0 Å². The number of anilines is 1. The van der Waals surface area contributed by atoms with Gasteiger partial charge in [0.05, 0.1) is 37.7 Å². The molecule has 2 aromatic rings. The first-order valence-electron chi connectivity index (χ1n) is 6.53. The van der Waals surface area contributed by atoms with Crippen molar-refractivity contribution in [1.82, 2.24) is 4.98 Å². The highest BCUT2D eigenvalue weighted by atomic mass is 16.5. The van der Waals surface area contributed by atoms with Crippen LogP contribution in [0.1, 0.15) is 16.1 Å². The fourth-order valence-electron chi connectivity index (χ4n) is 2.03. The Morgan fingerprint density at radius 3 is 2.57 bits per heavy atom. The minimum Gasteiger partial charge on any atom is -0.495 e. The van der Waals surface area contributed by atoms with Gasteiger partial charge in [-0.1, -0.05) is 12.1 Å². The van der Waals surface area contributed by atoms with E-state index in [9.17, 15) is 4.79 Å². The van der Waals surface area contributed by atoms with Crippen LogP contribution in [-0.2, 0) is 11.3 Å². The van der Waals surface area contributed by atoms with Crippen LogP contribution in [0.4, 0.5) is 5.69 Å². The van der Waals surface area contributed by atoms with Gasteiger partial charge in [-0.15, -0.1) is 0 Å². The van der Waals surface area contributed by atoms with E-state index in [1.807, 2.05) is 42.3 Å². The van der Waals surface area contributed by atoms with Crippen LogP contribution in [0.5, 0.6) is 5.75 Å². The molecule has 0 bridgehead atoms. The van der Waals surface area contributed by atoms with E-state index in [1.165, 1.54) is 13.3 Å². The molecule has 0 radical (unpaired) electrons. The first kappa shape index (κ1) is 14.8. The average Bonchev–Trinajstić information content (AvgIpc) is 2.54. The van der Waals surface area contributed by atoms with E-state index in [4.69, 9.17) is 4.74 Å². The number of para-hydroxylation sites is 2. The Hall–Kier alpha value is -2.56. The van der Waals surface area contributed by atoms with Crippen LogP contribution in [0.3, 0.4) is 0 Å². The maximum Gasteiger partial charge on any atom is 0.339 e. The molecule has 110 valence electrons. The van der Waals surface area contributed by atoms with Crippen molar-refractivity contribution < 1.29 is 14.3 Å². The van der Waals surface area contributed by atoms with Gasteiger partial charge in [0, 0.05) is 13.2 Å². The summed E-state index contributed by atoms with van der Waals surface area (Å²) < 4.78 is 10.00. The third kappa shape index (κ3) is 3.51. The largest absolute Gasteiger partial charge is 0.495 e. The topological polar surface area (TPSA) is 51.7 Å². The second-order valence-corrected chi connectivity index (χ2v) is 4.56. The highest BCUT2D eigenvalue weighted by Gasteiger charge is 2.10. The second-order valence-electron chi connectivity index (χ2n) is 4.56. The number of hydrogen-bond acceptors (Lipinski definition) is 5. The molecule has 0 amide bonds. The number of carbonyl (C=O) groups excluding carboxylic acids is 1. The average molecular weight is 286 g/mol. The predicted octanol–water partition coefficient (Wildman–Crippen LogP) is 2.51. The van der Waals surface area contributed by atoms with Crippen LogP contribution in [0.15, 0.2) is 42.6 Å². The number of hydrogen-bond donors (Lipinski definition) is 0. The van der Waals surface area contributed by atoms with Crippen molar-refractivity contribution in [3.8, 4) is 5.75 Å². The van der Waals surface area contributed by atoms with E-state index in [-0.39, 0.29) is 5.97 Å². The van der Waals surface area contributed by atoms with Crippen molar-refractivity contribution >= 4 is 11.7 Å². The van der Waals surface area contributed by atoms with Crippen LogP contribution in [-0.4, -0.2) is 32.2 Å². The molecule has 5 heteroatoms. The van der Waals surface area contributed by atoms with Gasteiger partial charge in [-0.05, 0) is 24.3 Å². The van der Waals surface area contributed by atoms with Crippen molar-refractivity contribution in [2.24, 2.45) is 0 Å². The van der Waals surface area contributed by atoms with Crippen LogP contribution in [0.25, 0.3) is 0 Å². The van der Waals surface area contributed by atoms with Crippen LogP contribution in [0.2, 0.25) is 0 Å². The van der Waals surface area contributed by atoms with Gasteiger partial charge in [0.15, 0.2) is 0 Å². The van der Waals surface area contributed by atoms with E-state index < -0.39 is 0 Å². The Labute approximate surface area is 124 Å². The molecule has 0 aliphatic rings. The van der Waals surface area contributed by atoms with Crippen molar-refractivity contribution in [3.63, 3.8) is 0 Å². The molecule has 0 aliphatic heterocycles. The summed E-state index contributed by atoms with van der Waals surface area (Å²) in [5, 5.41) is 0. The molecule has 0 spiro atoms. The van der Waals surface area contributed by atoms with E-state index in [2.05, 4.69) is 9.72 Å². The summed E-state index contributed by atoms with van der Waals surface area (Å²) in [6, 6.07) is 11.3. The van der Waals surface area contributed by atoms with Gasteiger partial charge >= 0.3 is 5.97 Å². The number of carbonyl (C=O) groups is 1. The number of methoxy groups -OCH3 is 2. The maximum atomic E-state index is 11.4. The summed E-state index contributed by atoms with van der Waals surface area (Å²) in [5.41, 5.74) is 2.29. The Kier molecular flexibility index (Phi) is 4.77. The minimum absolute atomic E-state index is 0.382. The molecule has 1 heterocycles. The molecule has 0 fully saturated rings. The fraction of sp³-hybridized carbons (Fsp3) is 0.250. The minimum atomic E-state index is -0.382. The fourth-order valence-corrected chi connectivity index (χ4v) is 2.03. The van der Waals surface area contributed by atoms with Crippen molar-refractivity contribution in [1.29, 1.82) is 0 Å². The Morgan fingerprint density at radius 1 is 1.19 bits per heavy atom. The first-order valence-corrected chi connectivity index (χ1v) is 6.53. The number of rotatable bonds is 5. The molecule has 0 saturated heterocycles. The van der Waals surface area contributed by atoms with Gasteiger partial charge in [-0.25, -0.2) is 4.79 Å². The molecule has 21 heavy (non-hydrogen) atoms. The zero-order valence-electron chi connectivity index (χ0n) is 12.4. The standard InChI is InChI=1S/C16H18N2O3/c1-18(14-6-4-5-7-15(14)20-2)11-13-9-8-12(10-17-13)16(19)21-3/h4-10H,11H2,1-3H3. The van der Waals surface area contributed by atoms with Crippen LogP contribution >= 0.6 is 0 Å². The van der Waals surface area contributed by atoms with Crippen LogP contribution < -0.4 is 9.64 Å². The quantitative estimate of drug-likeness (QED) is 0.790. The SMILES string of the molecule is COC(=O)c1ccc(CN(C)c2ccccc2OC)nc1. The lowest BCUT2D eigenvalue weighted by molar-refractivity contribution is 0.0600. The molecule has 0 atom stereocenters. The smallest absolute Gasteiger partial charge is 0.339 e. The number of nitrogens with zero attached hydrogens (tertiary/aromatic N) is 2. The van der Waals surface area contributed by atoms with Gasteiger partial charge in [-0.2, -0.15) is 0 Å². The zero-order chi connectivity index (χ0) is 15.2. The Bertz CT molecular complexity index is 611. The monoisotopic (exact) mass is 286 g/mol. The number of esters is 1. The van der Waals surface area contributed by atoms with Gasteiger partial charge in [0.2, 0.25) is 0 Å². The number of ether oxygens (including phenoxy) is 2. The number of benzene rings is 1. The molecule has 0 saturated carbocycles. The van der Waals surface area contributed by atoms with Crippen LogP contribution in [0, 0.1) is 0 Å². The first-order chi connectivity index (χ1) is 10.2. The van der Waals surface area contributed by atoms with E-state index in [1.54, 1.807) is 13.2 Å². The molecule has 1 aromatic carbocycles. The lowest BCUT2D eigenvalue weighted by Crippen LogP contribution is -2.18. The normalized spacial score (nSPS) is 10.0. The third-order valence-corrected chi connectivity index (χ3v) is 3.14. The van der Waals surface area contributed by atoms with Gasteiger partial charge in [-0.3, -0.25) is 4.98 Å². The molecule has 0 aliphatic carbocycles. The van der Waals surface area contributed by atoms with Gasteiger partial charge in [0.25, 0.3) is 0 Å². The molecular formula is C16H18N2O3. The number of pyridine rings is 1. The molecule has 5 nitrogen and oxygen atoms in total. The predicted molar refractivity (Wildman–Crippen MR) is 80.7 cm³/mol. The highest BCUT2D eigenvalue weighted by Crippen LogP contribution is 2.27. The van der Waals surface area contributed by atoms with Crippen molar-refractivity contribution in [2.45, 2.75) is 6.54 Å². The summed E-state index contributed by atoms with van der Waals surface area (Å²) in [4.78, 5) is 17.7. The third-order valence-electron chi connectivity index (χ3n) is 3.14. The number of aromatic nitrogens is 1. The van der Waals surface area contributed by atoms with Gasteiger partial charge < -0.3 is 14.4 Å². The lowest BCUT2D eigenvalue weighted by atomic mass is 10.2. The zero-order valence-corrected chi connectivity index (χ0v) is 12.4. The Balaban J connectivity index is 2.12. The summed E-state index contributed by atoms with van der Waals surface area (Å²) in [6.07, 6.45) is 1.53. The summed E-state index contributed by atoms with van der Waals surface area (Å²) in [6.45, 7) is 0.613. The highest BCUT2D eigenvalue weighted by molar-refractivity contribution is 5.88. The van der Waals surface area contributed by atoms with E-state index in [0.29, 0.717) is 12.1 Å². The Morgan fingerprint density at radius 2 is 1.95 bits per heavy atom. The molecule has 0 unspecified atom stereocenters. The maximum absolute atomic E-state index is 11.4. The molecule has 0 N–H and O–H groups in total. The van der Waals surface area contributed by atoms with E-state index in [0.717, 1.165) is 17.1 Å². The van der Waals surface area contributed by atoms with Gasteiger partial charge in [0.1, 0.15) is 5.75 Å².